The SMILES string of the molecule is CC(C)(Nc1cccc(C2Nc3ccc(C#N)cc3CC2(C)C)c1)C(=O)O. The summed E-state index contributed by atoms with van der Waals surface area (Å²) in [5.74, 6) is -0.897. The molecule has 0 aromatic heterocycles. The van der Waals surface area contributed by atoms with Crippen LogP contribution in [0.2, 0.25) is 0 Å². The van der Waals surface area contributed by atoms with Gasteiger partial charge in [0, 0.05) is 11.4 Å². The first-order chi connectivity index (χ1) is 12.6. The maximum atomic E-state index is 11.4. The molecular weight excluding hydrogens is 338 g/mol. The lowest BCUT2D eigenvalue weighted by Crippen LogP contribution is -2.40. The summed E-state index contributed by atoms with van der Waals surface area (Å²) in [7, 11) is 0. The maximum Gasteiger partial charge on any atom is 0.328 e. The van der Waals surface area contributed by atoms with Gasteiger partial charge in [0.2, 0.25) is 0 Å². The number of fused-ring (bicyclic) bond motifs is 1. The molecule has 27 heavy (non-hydrogen) atoms. The zero-order valence-corrected chi connectivity index (χ0v) is 16.1. The van der Waals surface area contributed by atoms with Crippen LogP contribution in [0.5, 0.6) is 0 Å². The van der Waals surface area contributed by atoms with Gasteiger partial charge in [0.15, 0.2) is 0 Å². The van der Waals surface area contributed by atoms with Crippen molar-refractivity contribution in [3.05, 3.63) is 59.2 Å². The summed E-state index contributed by atoms with van der Waals surface area (Å²) in [5.41, 5.74) is 3.63. The third-order valence-corrected chi connectivity index (χ3v) is 5.17. The van der Waals surface area contributed by atoms with E-state index in [-0.39, 0.29) is 11.5 Å². The molecule has 0 saturated heterocycles. The number of hydrogen-bond donors (Lipinski definition) is 3. The standard InChI is InChI=1S/C22H25N3O2/c1-21(2)12-16-10-14(13-23)8-9-18(16)24-19(21)15-6-5-7-17(11-15)25-22(3,4)20(26)27/h5-11,19,24-25H,12H2,1-4H3,(H,26,27). The summed E-state index contributed by atoms with van der Waals surface area (Å²) in [6, 6.07) is 15.9. The van der Waals surface area contributed by atoms with Crippen molar-refractivity contribution in [1.29, 1.82) is 5.26 Å². The van der Waals surface area contributed by atoms with Gasteiger partial charge in [0.25, 0.3) is 0 Å². The minimum absolute atomic E-state index is 0.0674. The number of rotatable bonds is 4. The average Bonchev–Trinajstić information content (AvgIpc) is 2.59. The molecule has 1 unspecified atom stereocenters. The zero-order valence-electron chi connectivity index (χ0n) is 16.1. The van der Waals surface area contributed by atoms with Crippen LogP contribution < -0.4 is 10.6 Å². The Morgan fingerprint density at radius 1 is 1.30 bits per heavy atom. The van der Waals surface area contributed by atoms with Crippen molar-refractivity contribution < 1.29 is 9.90 Å². The van der Waals surface area contributed by atoms with Gasteiger partial charge in [-0.1, -0.05) is 26.0 Å². The van der Waals surface area contributed by atoms with Crippen LogP contribution in [0.25, 0.3) is 0 Å². The number of anilines is 2. The van der Waals surface area contributed by atoms with Crippen molar-refractivity contribution in [2.75, 3.05) is 10.6 Å². The first-order valence-electron chi connectivity index (χ1n) is 9.03. The molecule has 0 amide bonds. The van der Waals surface area contributed by atoms with Gasteiger partial charge < -0.3 is 15.7 Å². The highest BCUT2D eigenvalue weighted by Crippen LogP contribution is 2.45. The minimum Gasteiger partial charge on any atom is -0.480 e. The molecule has 0 saturated carbocycles. The van der Waals surface area contributed by atoms with Crippen LogP contribution >= 0.6 is 0 Å². The van der Waals surface area contributed by atoms with Crippen molar-refractivity contribution in [2.24, 2.45) is 5.41 Å². The third kappa shape index (κ3) is 3.75. The molecule has 0 radical (unpaired) electrons. The van der Waals surface area contributed by atoms with Gasteiger partial charge in [-0.05, 0) is 67.1 Å². The van der Waals surface area contributed by atoms with E-state index in [0.29, 0.717) is 5.56 Å². The second-order valence-corrected chi connectivity index (χ2v) is 8.41. The fourth-order valence-corrected chi connectivity index (χ4v) is 3.64. The molecule has 0 aliphatic carbocycles. The Labute approximate surface area is 160 Å². The molecule has 1 aliphatic heterocycles. The Morgan fingerprint density at radius 2 is 2.04 bits per heavy atom. The van der Waals surface area contributed by atoms with E-state index >= 15 is 0 Å². The van der Waals surface area contributed by atoms with E-state index in [1.165, 1.54) is 0 Å². The molecule has 5 nitrogen and oxygen atoms in total. The molecule has 0 bridgehead atoms. The van der Waals surface area contributed by atoms with E-state index in [4.69, 9.17) is 5.26 Å². The molecule has 5 heteroatoms. The molecule has 1 aliphatic rings. The van der Waals surface area contributed by atoms with Crippen molar-refractivity contribution in [2.45, 2.75) is 45.7 Å². The van der Waals surface area contributed by atoms with Crippen LogP contribution in [-0.2, 0) is 11.2 Å². The molecule has 0 fully saturated rings. The Morgan fingerprint density at radius 3 is 2.70 bits per heavy atom. The smallest absolute Gasteiger partial charge is 0.328 e. The first kappa shape index (κ1) is 18.8. The highest BCUT2D eigenvalue weighted by atomic mass is 16.4. The molecule has 1 heterocycles. The summed E-state index contributed by atoms with van der Waals surface area (Å²) in [6.45, 7) is 7.70. The number of nitrogens with one attached hydrogen (secondary N) is 2. The Kier molecular flexibility index (Phi) is 4.61. The summed E-state index contributed by atoms with van der Waals surface area (Å²) in [4.78, 5) is 11.4. The topological polar surface area (TPSA) is 85.1 Å². The van der Waals surface area contributed by atoms with Gasteiger partial charge in [0.05, 0.1) is 17.7 Å². The highest BCUT2D eigenvalue weighted by Gasteiger charge is 2.36. The number of benzene rings is 2. The Balaban J connectivity index is 1.93. The van der Waals surface area contributed by atoms with Crippen molar-refractivity contribution in [3.63, 3.8) is 0 Å². The lowest BCUT2D eigenvalue weighted by Gasteiger charge is -2.41. The largest absolute Gasteiger partial charge is 0.480 e. The Hall–Kier alpha value is -3.00. The van der Waals surface area contributed by atoms with Crippen LogP contribution in [0, 0.1) is 16.7 Å². The zero-order chi connectivity index (χ0) is 19.8. The van der Waals surface area contributed by atoms with Gasteiger partial charge in [-0.2, -0.15) is 5.26 Å². The highest BCUT2D eigenvalue weighted by molar-refractivity contribution is 5.81. The fraction of sp³-hybridized carbons (Fsp3) is 0.364. The van der Waals surface area contributed by atoms with E-state index < -0.39 is 11.5 Å². The summed E-state index contributed by atoms with van der Waals surface area (Å²) in [5, 5.41) is 25.2. The van der Waals surface area contributed by atoms with Gasteiger partial charge in [0.1, 0.15) is 5.54 Å². The fourth-order valence-electron chi connectivity index (χ4n) is 3.64. The molecule has 2 aromatic carbocycles. The Bertz CT molecular complexity index is 925. The maximum absolute atomic E-state index is 11.4. The predicted octanol–water partition coefficient (Wildman–Crippen LogP) is 4.57. The molecule has 3 N–H and O–H groups in total. The number of nitriles is 1. The van der Waals surface area contributed by atoms with Crippen LogP contribution in [0.3, 0.4) is 0 Å². The predicted molar refractivity (Wildman–Crippen MR) is 107 cm³/mol. The average molecular weight is 363 g/mol. The van der Waals surface area contributed by atoms with E-state index in [0.717, 1.165) is 28.9 Å². The van der Waals surface area contributed by atoms with Crippen molar-refractivity contribution in [3.8, 4) is 6.07 Å². The van der Waals surface area contributed by atoms with E-state index in [9.17, 15) is 9.90 Å². The van der Waals surface area contributed by atoms with Crippen LogP contribution in [-0.4, -0.2) is 16.6 Å². The second kappa shape index (κ2) is 6.62. The van der Waals surface area contributed by atoms with Crippen molar-refractivity contribution in [1.82, 2.24) is 0 Å². The number of carboxylic acids is 1. The number of hydrogen-bond acceptors (Lipinski definition) is 4. The van der Waals surface area contributed by atoms with E-state index in [1.54, 1.807) is 13.8 Å². The van der Waals surface area contributed by atoms with E-state index in [1.807, 2.05) is 36.4 Å². The molecular formula is C22H25N3O2. The van der Waals surface area contributed by atoms with Gasteiger partial charge in [-0.15, -0.1) is 0 Å². The normalized spacial score (nSPS) is 18.0. The number of carboxylic acid groups (broad SMARTS) is 1. The van der Waals surface area contributed by atoms with Gasteiger partial charge in [-0.25, -0.2) is 4.79 Å². The summed E-state index contributed by atoms with van der Waals surface area (Å²) >= 11 is 0. The monoisotopic (exact) mass is 363 g/mol. The second-order valence-electron chi connectivity index (χ2n) is 8.41. The first-order valence-corrected chi connectivity index (χ1v) is 9.03. The molecule has 2 aromatic rings. The molecule has 3 rings (SSSR count). The van der Waals surface area contributed by atoms with Gasteiger partial charge >= 0.3 is 5.97 Å². The summed E-state index contributed by atoms with van der Waals surface area (Å²) < 4.78 is 0. The molecule has 0 spiro atoms. The van der Waals surface area contributed by atoms with Crippen LogP contribution in [0.4, 0.5) is 11.4 Å². The van der Waals surface area contributed by atoms with E-state index in [2.05, 4.69) is 36.6 Å². The third-order valence-electron chi connectivity index (χ3n) is 5.17. The summed E-state index contributed by atoms with van der Waals surface area (Å²) in [6.07, 6.45) is 0.855. The minimum atomic E-state index is -1.05. The quantitative estimate of drug-likeness (QED) is 0.741. The number of carbonyl (C=O) groups is 1. The molecule has 1 atom stereocenters. The van der Waals surface area contributed by atoms with Crippen LogP contribution in [0.15, 0.2) is 42.5 Å². The number of aliphatic carboxylic acids is 1. The van der Waals surface area contributed by atoms with Crippen LogP contribution in [0.1, 0.15) is 50.4 Å². The lowest BCUT2D eigenvalue weighted by atomic mass is 9.72. The number of nitrogens with zero attached hydrogens (tertiary/aromatic N) is 1. The van der Waals surface area contributed by atoms with Crippen molar-refractivity contribution >= 4 is 17.3 Å². The molecule has 140 valence electrons. The lowest BCUT2D eigenvalue weighted by molar-refractivity contribution is -0.141. The van der Waals surface area contributed by atoms with Gasteiger partial charge in [-0.3, -0.25) is 0 Å².